The summed E-state index contributed by atoms with van der Waals surface area (Å²) >= 11 is 0. The van der Waals surface area contributed by atoms with E-state index in [1.165, 1.54) is 12.1 Å². The van der Waals surface area contributed by atoms with Crippen molar-refractivity contribution in [1.82, 2.24) is 0 Å². The number of alkyl halides is 6. The van der Waals surface area contributed by atoms with Gasteiger partial charge in [-0.25, -0.2) is 0 Å². The van der Waals surface area contributed by atoms with Crippen molar-refractivity contribution in [2.45, 2.75) is 77.6 Å². The maximum atomic E-state index is 13.4. The highest BCUT2D eigenvalue weighted by atomic mass is 19.4. The predicted molar refractivity (Wildman–Crippen MR) is 82.9 cm³/mol. The van der Waals surface area contributed by atoms with Crippen LogP contribution >= 0.6 is 0 Å². The van der Waals surface area contributed by atoms with E-state index in [0.717, 1.165) is 12.8 Å². The second kappa shape index (κ2) is 8.77. The van der Waals surface area contributed by atoms with Crippen LogP contribution in [-0.4, -0.2) is 0 Å². The molecule has 0 amide bonds. The Labute approximate surface area is 139 Å². The summed E-state index contributed by atoms with van der Waals surface area (Å²) in [5.41, 5.74) is -3.47. The Morgan fingerprint density at radius 3 is 1.21 bits per heavy atom. The molecule has 0 bridgehead atoms. The van der Waals surface area contributed by atoms with Gasteiger partial charge in [-0.1, -0.05) is 51.7 Å². The third-order valence-electron chi connectivity index (χ3n) is 4.04. The zero-order valence-corrected chi connectivity index (χ0v) is 14.1. The molecule has 0 radical (unpaired) electrons. The lowest BCUT2D eigenvalue weighted by atomic mass is 9.90. The summed E-state index contributed by atoms with van der Waals surface area (Å²) in [5.74, 6) is 0. The third kappa shape index (κ3) is 5.71. The Balaban J connectivity index is 3.38. The van der Waals surface area contributed by atoms with Gasteiger partial charge < -0.3 is 0 Å². The Bertz CT molecular complexity index is 466. The number of aryl methyl sites for hydroxylation is 2. The maximum absolute atomic E-state index is 13.4. The van der Waals surface area contributed by atoms with Crippen molar-refractivity contribution in [1.29, 1.82) is 0 Å². The molecule has 0 heterocycles. The van der Waals surface area contributed by atoms with Gasteiger partial charge in [0.2, 0.25) is 0 Å². The third-order valence-corrected chi connectivity index (χ3v) is 4.04. The zero-order chi connectivity index (χ0) is 18.4. The minimum atomic E-state index is -5.01. The molecule has 0 fully saturated rings. The van der Waals surface area contributed by atoms with Gasteiger partial charge in [0.1, 0.15) is 0 Å². The van der Waals surface area contributed by atoms with Crippen molar-refractivity contribution in [3.63, 3.8) is 0 Å². The van der Waals surface area contributed by atoms with Crippen LogP contribution in [0.5, 0.6) is 0 Å². The maximum Gasteiger partial charge on any atom is 0.417 e. The lowest BCUT2D eigenvalue weighted by Crippen LogP contribution is -2.21. The minimum absolute atomic E-state index is 0.0149. The molecule has 0 aliphatic carbocycles. The van der Waals surface area contributed by atoms with Crippen LogP contribution in [-0.2, 0) is 25.2 Å². The van der Waals surface area contributed by atoms with Crippen LogP contribution in [0, 0.1) is 0 Å². The van der Waals surface area contributed by atoms with E-state index < -0.39 is 23.5 Å². The zero-order valence-electron chi connectivity index (χ0n) is 14.1. The fourth-order valence-electron chi connectivity index (χ4n) is 2.88. The molecular weight excluding hydrogens is 330 g/mol. The molecule has 1 aromatic rings. The van der Waals surface area contributed by atoms with E-state index in [-0.39, 0.29) is 24.0 Å². The average Bonchev–Trinajstić information content (AvgIpc) is 2.46. The number of unbranched alkanes of at least 4 members (excludes halogenated alkanes) is 4. The van der Waals surface area contributed by atoms with Crippen molar-refractivity contribution >= 4 is 0 Å². The van der Waals surface area contributed by atoms with Gasteiger partial charge in [0.05, 0.1) is 11.1 Å². The van der Waals surface area contributed by atoms with Crippen molar-refractivity contribution in [3.05, 3.63) is 34.4 Å². The number of hydrogen-bond donors (Lipinski definition) is 0. The van der Waals surface area contributed by atoms with Crippen molar-refractivity contribution in [2.75, 3.05) is 0 Å². The minimum Gasteiger partial charge on any atom is -0.166 e. The molecule has 0 aliphatic rings. The highest BCUT2D eigenvalue weighted by Crippen LogP contribution is 2.44. The fourth-order valence-corrected chi connectivity index (χ4v) is 2.88. The first-order valence-electron chi connectivity index (χ1n) is 8.42. The summed E-state index contributed by atoms with van der Waals surface area (Å²) < 4.78 is 80.5. The first-order valence-corrected chi connectivity index (χ1v) is 8.42. The molecule has 0 N–H and O–H groups in total. The lowest BCUT2D eigenvalue weighted by molar-refractivity contribution is -0.163. The van der Waals surface area contributed by atoms with Gasteiger partial charge in [-0.15, -0.1) is 0 Å². The molecule has 0 nitrogen and oxygen atoms in total. The Morgan fingerprint density at radius 2 is 0.958 bits per heavy atom. The number of rotatable bonds is 8. The molecular formula is C18H24F6. The summed E-state index contributed by atoms with van der Waals surface area (Å²) in [4.78, 5) is 0. The monoisotopic (exact) mass is 354 g/mol. The lowest BCUT2D eigenvalue weighted by Gasteiger charge is -2.22. The summed E-state index contributed by atoms with van der Waals surface area (Å²) in [6, 6.07) is 2.46. The van der Waals surface area contributed by atoms with Crippen molar-refractivity contribution < 1.29 is 26.3 Å². The fraction of sp³-hybridized carbons (Fsp3) is 0.667. The molecule has 0 saturated heterocycles. The molecule has 24 heavy (non-hydrogen) atoms. The average molecular weight is 354 g/mol. The molecule has 0 aromatic heterocycles. The van der Waals surface area contributed by atoms with E-state index in [2.05, 4.69) is 0 Å². The number of halogens is 6. The van der Waals surface area contributed by atoms with Crippen LogP contribution in [0.1, 0.15) is 74.6 Å². The molecule has 0 spiro atoms. The highest BCUT2D eigenvalue weighted by molar-refractivity contribution is 5.45. The van der Waals surface area contributed by atoms with Crippen LogP contribution < -0.4 is 0 Å². The Kier molecular flexibility index (Phi) is 7.61. The first kappa shape index (κ1) is 20.8. The Morgan fingerprint density at radius 1 is 0.625 bits per heavy atom. The summed E-state index contributed by atoms with van der Waals surface area (Å²) in [7, 11) is 0. The summed E-state index contributed by atoms with van der Waals surface area (Å²) in [6.45, 7) is 3.78. The van der Waals surface area contributed by atoms with Gasteiger partial charge in [0, 0.05) is 0 Å². The van der Waals surface area contributed by atoms with Crippen LogP contribution in [0.15, 0.2) is 12.1 Å². The van der Waals surface area contributed by atoms with Crippen LogP contribution in [0.25, 0.3) is 0 Å². The standard InChI is InChI=1S/C18H24F6/c1-3-5-7-9-13-11-12-14(10-8-6-4-2)16(18(22,23)24)15(13)17(19,20)21/h11-12H,3-10H2,1-2H3. The molecule has 1 rings (SSSR count). The van der Waals surface area contributed by atoms with E-state index in [4.69, 9.17) is 0 Å². The first-order chi connectivity index (χ1) is 11.1. The Hall–Kier alpha value is -1.20. The molecule has 0 atom stereocenters. The van der Waals surface area contributed by atoms with E-state index in [1.54, 1.807) is 0 Å². The van der Waals surface area contributed by atoms with Gasteiger partial charge in [-0.05, 0) is 36.8 Å². The highest BCUT2D eigenvalue weighted by Gasteiger charge is 2.46. The smallest absolute Gasteiger partial charge is 0.166 e. The van der Waals surface area contributed by atoms with Gasteiger partial charge in [0.15, 0.2) is 0 Å². The van der Waals surface area contributed by atoms with Gasteiger partial charge in [-0.3, -0.25) is 0 Å². The van der Waals surface area contributed by atoms with E-state index in [9.17, 15) is 26.3 Å². The van der Waals surface area contributed by atoms with Gasteiger partial charge >= 0.3 is 12.4 Å². The predicted octanol–water partition coefficient (Wildman–Crippen LogP) is 7.19. The molecule has 0 aliphatic heterocycles. The molecule has 0 unspecified atom stereocenters. The molecule has 1 aromatic carbocycles. The normalized spacial score (nSPS) is 12.7. The van der Waals surface area contributed by atoms with Crippen LogP contribution in [0.3, 0.4) is 0 Å². The largest absolute Gasteiger partial charge is 0.417 e. The van der Waals surface area contributed by atoms with E-state index >= 15 is 0 Å². The van der Waals surface area contributed by atoms with Gasteiger partial charge in [-0.2, -0.15) is 26.3 Å². The van der Waals surface area contributed by atoms with Crippen LogP contribution in [0.2, 0.25) is 0 Å². The van der Waals surface area contributed by atoms with Crippen molar-refractivity contribution in [2.24, 2.45) is 0 Å². The van der Waals surface area contributed by atoms with Crippen molar-refractivity contribution in [3.8, 4) is 0 Å². The second-order valence-corrected chi connectivity index (χ2v) is 6.04. The second-order valence-electron chi connectivity index (χ2n) is 6.04. The summed E-state index contributed by atoms with van der Waals surface area (Å²) in [5, 5.41) is 0. The topological polar surface area (TPSA) is 0 Å². The van der Waals surface area contributed by atoms with E-state index in [0.29, 0.717) is 25.7 Å². The quantitative estimate of drug-likeness (QED) is 0.342. The molecule has 0 saturated carbocycles. The molecule has 138 valence electrons. The van der Waals surface area contributed by atoms with E-state index in [1.807, 2.05) is 13.8 Å². The van der Waals surface area contributed by atoms with Crippen LogP contribution in [0.4, 0.5) is 26.3 Å². The number of benzene rings is 1. The molecule has 6 heteroatoms. The summed E-state index contributed by atoms with van der Waals surface area (Å²) in [6.07, 6.45) is -6.11. The number of hydrogen-bond acceptors (Lipinski definition) is 0. The SMILES string of the molecule is CCCCCc1ccc(CCCCC)c(C(F)(F)F)c1C(F)(F)F. The van der Waals surface area contributed by atoms with Gasteiger partial charge in [0.25, 0.3) is 0 Å².